The summed E-state index contributed by atoms with van der Waals surface area (Å²) in [6.45, 7) is 3.31. The van der Waals surface area contributed by atoms with E-state index < -0.39 is 34.5 Å². The Morgan fingerprint density at radius 1 is 0.927 bits per heavy atom. The summed E-state index contributed by atoms with van der Waals surface area (Å²) >= 11 is 3.42. The van der Waals surface area contributed by atoms with E-state index in [4.69, 9.17) is 0 Å². The Balaban J connectivity index is 2.08. The summed E-state index contributed by atoms with van der Waals surface area (Å²) < 4.78 is 43.2. The molecule has 0 saturated heterocycles. The van der Waals surface area contributed by atoms with Gasteiger partial charge in [-0.25, -0.2) is 8.70 Å². The van der Waals surface area contributed by atoms with E-state index in [9.17, 15) is 22.4 Å². The Labute approximate surface area is 250 Å². The normalized spacial score (nSPS) is 13.0. The van der Waals surface area contributed by atoms with Crippen LogP contribution in [-0.2, 0) is 32.8 Å². The number of hydrogen-bond acceptors (Lipinski definition) is 4. The molecule has 220 valence electrons. The van der Waals surface area contributed by atoms with Crippen molar-refractivity contribution in [3.63, 3.8) is 0 Å². The van der Waals surface area contributed by atoms with Crippen LogP contribution in [0.15, 0.2) is 83.3 Å². The smallest absolute Gasteiger partial charge is 0.304 e. The molecule has 1 N–H and O–H groups in total. The maximum atomic E-state index is 14.2. The highest BCUT2D eigenvalue weighted by molar-refractivity contribution is 9.10. The van der Waals surface area contributed by atoms with Gasteiger partial charge in [0.1, 0.15) is 18.4 Å². The topological polar surface area (TPSA) is 90.0 Å². The van der Waals surface area contributed by atoms with E-state index >= 15 is 0 Å². The van der Waals surface area contributed by atoms with Gasteiger partial charge in [-0.2, -0.15) is 12.7 Å². The number of halogens is 2. The third-order valence-electron chi connectivity index (χ3n) is 6.67. The van der Waals surface area contributed by atoms with Crippen molar-refractivity contribution >= 4 is 43.6 Å². The number of anilines is 1. The molecular formula is C30H36BrFN4O4S. The molecule has 0 bridgehead atoms. The second kappa shape index (κ2) is 14.6. The molecule has 0 radical (unpaired) electrons. The van der Waals surface area contributed by atoms with Crippen molar-refractivity contribution in [2.75, 3.05) is 24.9 Å². The fourth-order valence-corrected chi connectivity index (χ4v) is 5.43. The molecule has 0 saturated carbocycles. The third kappa shape index (κ3) is 8.85. The number of hydrogen-bond donors (Lipinski definition) is 1. The first-order chi connectivity index (χ1) is 19.4. The van der Waals surface area contributed by atoms with Gasteiger partial charge in [-0.15, -0.1) is 0 Å². The number of nitrogens with zero attached hydrogens (tertiary/aromatic N) is 3. The van der Waals surface area contributed by atoms with Crippen LogP contribution in [-0.4, -0.2) is 62.2 Å². The summed E-state index contributed by atoms with van der Waals surface area (Å²) in [6.07, 6.45) is 0.923. The first-order valence-corrected chi connectivity index (χ1v) is 15.4. The monoisotopic (exact) mass is 646 g/mol. The largest absolute Gasteiger partial charge is 0.352 e. The SMILES string of the molecule is CCC(C)NC(=O)C(Cc1ccccc1)N(Cc1ccc(Br)cc1)C(=O)CN(c1ccc(F)cc1)S(=O)(=O)N(C)C. The first-order valence-electron chi connectivity index (χ1n) is 13.3. The maximum Gasteiger partial charge on any atom is 0.304 e. The van der Waals surface area contributed by atoms with Gasteiger partial charge < -0.3 is 10.2 Å². The minimum Gasteiger partial charge on any atom is -0.352 e. The van der Waals surface area contributed by atoms with Crippen LogP contribution in [0.4, 0.5) is 10.1 Å². The minimum absolute atomic E-state index is 0.0663. The zero-order valence-corrected chi connectivity index (χ0v) is 26.0. The quantitative estimate of drug-likeness (QED) is 0.290. The number of carbonyl (C=O) groups is 2. The molecule has 0 aliphatic heterocycles. The number of amides is 2. The zero-order chi connectivity index (χ0) is 30.2. The molecule has 0 aromatic heterocycles. The molecule has 0 aliphatic carbocycles. The lowest BCUT2D eigenvalue weighted by molar-refractivity contribution is -0.140. The van der Waals surface area contributed by atoms with Crippen LogP contribution < -0.4 is 9.62 Å². The summed E-state index contributed by atoms with van der Waals surface area (Å²) in [5.74, 6) is -1.45. The molecular weight excluding hydrogens is 611 g/mol. The average molecular weight is 648 g/mol. The highest BCUT2D eigenvalue weighted by atomic mass is 79.9. The molecule has 0 aliphatic rings. The van der Waals surface area contributed by atoms with Crippen molar-refractivity contribution in [3.05, 3.63) is 100 Å². The van der Waals surface area contributed by atoms with E-state index in [1.54, 1.807) is 0 Å². The van der Waals surface area contributed by atoms with Crippen LogP contribution in [0.25, 0.3) is 0 Å². The summed E-state index contributed by atoms with van der Waals surface area (Å²) in [7, 11) is -1.44. The first kappa shape index (κ1) is 32.2. The van der Waals surface area contributed by atoms with Crippen molar-refractivity contribution < 1.29 is 22.4 Å². The van der Waals surface area contributed by atoms with Gasteiger partial charge in [0.25, 0.3) is 0 Å². The number of rotatable bonds is 13. The van der Waals surface area contributed by atoms with Crippen molar-refractivity contribution in [1.29, 1.82) is 0 Å². The summed E-state index contributed by atoms with van der Waals surface area (Å²) in [4.78, 5) is 29.3. The van der Waals surface area contributed by atoms with Gasteiger partial charge in [-0.05, 0) is 60.9 Å². The van der Waals surface area contributed by atoms with E-state index in [1.807, 2.05) is 68.4 Å². The fourth-order valence-electron chi connectivity index (χ4n) is 4.11. The second-order valence-electron chi connectivity index (χ2n) is 9.94. The average Bonchev–Trinajstić information content (AvgIpc) is 2.95. The fraction of sp³-hybridized carbons (Fsp3) is 0.333. The predicted molar refractivity (Wildman–Crippen MR) is 163 cm³/mol. The molecule has 8 nitrogen and oxygen atoms in total. The molecule has 2 amide bonds. The van der Waals surface area contributed by atoms with E-state index in [0.29, 0.717) is 6.42 Å². The van der Waals surface area contributed by atoms with Crippen molar-refractivity contribution in [2.24, 2.45) is 0 Å². The van der Waals surface area contributed by atoms with Gasteiger partial charge in [0.2, 0.25) is 11.8 Å². The molecule has 0 fully saturated rings. The molecule has 2 atom stereocenters. The summed E-state index contributed by atoms with van der Waals surface area (Å²) in [6, 6.07) is 20.5. The van der Waals surface area contributed by atoms with Crippen molar-refractivity contribution in [1.82, 2.24) is 14.5 Å². The van der Waals surface area contributed by atoms with Crippen LogP contribution in [0.5, 0.6) is 0 Å². The summed E-state index contributed by atoms with van der Waals surface area (Å²) in [5, 5.41) is 3.00. The molecule has 0 spiro atoms. The van der Waals surface area contributed by atoms with Gasteiger partial charge >= 0.3 is 10.2 Å². The van der Waals surface area contributed by atoms with Crippen molar-refractivity contribution in [3.8, 4) is 0 Å². The molecule has 2 unspecified atom stereocenters. The maximum absolute atomic E-state index is 14.2. The lowest BCUT2D eigenvalue weighted by atomic mass is 10.0. The summed E-state index contributed by atoms with van der Waals surface area (Å²) in [5.41, 5.74) is 1.74. The van der Waals surface area contributed by atoms with Crippen LogP contribution in [0, 0.1) is 5.82 Å². The standard InChI is InChI=1S/C30H36BrFN4O4S/c1-5-22(2)33-30(38)28(19-23-9-7-6-8-10-23)35(20-24-11-13-25(31)14-12-24)29(37)21-36(41(39,40)34(3)4)27-17-15-26(32)16-18-27/h6-18,22,28H,5,19-21H2,1-4H3,(H,33,38). The Bertz CT molecular complexity index is 1400. The van der Waals surface area contributed by atoms with Gasteiger partial charge in [-0.1, -0.05) is 65.3 Å². The highest BCUT2D eigenvalue weighted by Crippen LogP contribution is 2.23. The number of nitrogens with one attached hydrogen (secondary N) is 1. The zero-order valence-electron chi connectivity index (χ0n) is 23.6. The van der Waals surface area contributed by atoms with Gasteiger partial charge in [0.15, 0.2) is 0 Å². The molecule has 41 heavy (non-hydrogen) atoms. The van der Waals surface area contributed by atoms with E-state index in [1.165, 1.54) is 31.1 Å². The van der Waals surface area contributed by atoms with Crippen LogP contribution >= 0.6 is 15.9 Å². The third-order valence-corrected chi connectivity index (χ3v) is 9.02. The Morgan fingerprint density at radius 2 is 1.54 bits per heavy atom. The van der Waals surface area contributed by atoms with Crippen LogP contribution in [0.3, 0.4) is 0 Å². The Hall–Kier alpha value is -3.28. The lowest BCUT2D eigenvalue weighted by Crippen LogP contribution is -2.55. The van der Waals surface area contributed by atoms with Crippen LogP contribution in [0.2, 0.25) is 0 Å². The van der Waals surface area contributed by atoms with E-state index in [2.05, 4.69) is 21.2 Å². The molecule has 3 rings (SSSR count). The highest BCUT2D eigenvalue weighted by Gasteiger charge is 2.35. The molecule has 3 aromatic carbocycles. The lowest BCUT2D eigenvalue weighted by Gasteiger charge is -2.35. The minimum atomic E-state index is -4.15. The number of carbonyl (C=O) groups excluding carboxylic acids is 2. The Kier molecular flexibility index (Phi) is 11.5. The van der Waals surface area contributed by atoms with E-state index in [0.717, 1.165) is 36.3 Å². The number of benzene rings is 3. The van der Waals surface area contributed by atoms with Crippen LogP contribution in [0.1, 0.15) is 31.4 Å². The van der Waals surface area contributed by atoms with E-state index in [-0.39, 0.29) is 30.6 Å². The van der Waals surface area contributed by atoms with Gasteiger partial charge in [-0.3, -0.25) is 9.59 Å². The molecule has 11 heteroatoms. The van der Waals surface area contributed by atoms with Gasteiger partial charge in [0, 0.05) is 37.6 Å². The second-order valence-corrected chi connectivity index (χ2v) is 12.9. The predicted octanol–water partition coefficient (Wildman–Crippen LogP) is 4.76. The van der Waals surface area contributed by atoms with Crippen molar-refractivity contribution in [2.45, 2.75) is 45.3 Å². The molecule has 0 heterocycles. The Morgan fingerprint density at radius 3 is 2.10 bits per heavy atom. The van der Waals surface area contributed by atoms with Gasteiger partial charge in [0.05, 0.1) is 5.69 Å². The molecule has 3 aromatic rings.